The Kier molecular flexibility index (Phi) is 9.25. The zero-order valence-electron chi connectivity index (χ0n) is 21.9. The van der Waals surface area contributed by atoms with Crippen molar-refractivity contribution in [1.82, 2.24) is 9.88 Å². The highest BCUT2D eigenvalue weighted by atomic mass is 35.5. The molecule has 4 N–H and O–H groups in total. The van der Waals surface area contributed by atoms with Crippen LogP contribution in [0, 0.1) is 0 Å². The van der Waals surface area contributed by atoms with Crippen molar-refractivity contribution in [3.63, 3.8) is 0 Å². The number of nitrogens with zero attached hydrogens (tertiary/aromatic N) is 3. The molecule has 5 rings (SSSR count). The van der Waals surface area contributed by atoms with Crippen molar-refractivity contribution in [2.75, 3.05) is 54.9 Å². The molecule has 0 bridgehead atoms. The smallest absolute Gasteiger partial charge is 0.326 e. The number of fused-ring (bicyclic) bond motifs is 1. The van der Waals surface area contributed by atoms with Crippen LogP contribution in [-0.4, -0.2) is 67.3 Å². The molecule has 0 radical (unpaired) electrons. The minimum atomic E-state index is -0.697. The fourth-order valence-electron chi connectivity index (χ4n) is 4.43. The Morgan fingerprint density at radius 1 is 1.05 bits per heavy atom. The van der Waals surface area contributed by atoms with E-state index in [1.807, 2.05) is 48.5 Å². The first-order valence-electron chi connectivity index (χ1n) is 13.1. The van der Waals surface area contributed by atoms with Gasteiger partial charge in [0.05, 0.1) is 29.5 Å². The summed E-state index contributed by atoms with van der Waals surface area (Å²) in [4.78, 5) is 34.7. The van der Waals surface area contributed by atoms with Gasteiger partial charge in [0.1, 0.15) is 0 Å². The number of aromatic nitrogens is 1. The Morgan fingerprint density at radius 2 is 1.80 bits per heavy atom. The zero-order chi connectivity index (χ0) is 27.9. The van der Waals surface area contributed by atoms with Gasteiger partial charge in [-0.1, -0.05) is 53.3 Å². The molecule has 11 heteroatoms. The summed E-state index contributed by atoms with van der Waals surface area (Å²) in [5.41, 5.74) is 9.26. The van der Waals surface area contributed by atoms with Gasteiger partial charge in [-0.25, -0.2) is 9.78 Å². The molecule has 1 unspecified atom stereocenters. The van der Waals surface area contributed by atoms with Gasteiger partial charge in [-0.3, -0.25) is 14.6 Å². The number of amides is 3. The van der Waals surface area contributed by atoms with Crippen molar-refractivity contribution in [2.24, 2.45) is 5.73 Å². The molecule has 3 aromatic carbocycles. The summed E-state index contributed by atoms with van der Waals surface area (Å²) in [5.74, 6) is -0.294. The van der Waals surface area contributed by atoms with E-state index in [2.05, 4.69) is 20.5 Å². The van der Waals surface area contributed by atoms with Gasteiger partial charge >= 0.3 is 6.03 Å². The van der Waals surface area contributed by atoms with E-state index >= 15 is 0 Å². The Balaban J connectivity index is 1.31. The Bertz CT molecular complexity index is 1440. The molecule has 2 heterocycles. The van der Waals surface area contributed by atoms with Gasteiger partial charge in [0.15, 0.2) is 5.13 Å². The second-order valence-electron chi connectivity index (χ2n) is 9.50. The van der Waals surface area contributed by atoms with Crippen LogP contribution in [0.5, 0.6) is 0 Å². The highest BCUT2D eigenvalue weighted by molar-refractivity contribution is 7.22. The van der Waals surface area contributed by atoms with E-state index in [1.54, 1.807) is 29.2 Å². The van der Waals surface area contributed by atoms with E-state index in [0.717, 1.165) is 34.6 Å². The number of anilines is 3. The number of benzene rings is 3. The van der Waals surface area contributed by atoms with E-state index in [9.17, 15) is 9.59 Å². The van der Waals surface area contributed by atoms with E-state index in [0.29, 0.717) is 48.6 Å². The van der Waals surface area contributed by atoms with E-state index in [1.165, 1.54) is 11.3 Å². The van der Waals surface area contributed by atoms with E-state index in [4.69, 9.17) is 22.1 Å². The SMILES string of the molecule is NC(Cc1ccccc1)C(=O)Nc1nc2ccc(N(CCN3CCOCC3)C(=O)Nc3ccc(Cl)cc3)cc2s1. The van der Waals surface area contributed by atoms with Gasteiger partial charge in [-0.2, -0.15) is 0 Å². The lowest BCUT2D eigenvalue weighted by Gasteiger charge is -2.30. The molecule has 1 aromatic heterocycles. The molecule has 0 saturated carbocycles. The number of thiazole rings is 1. The van der Waals surface area contributed by atoms with Crippen LogP contribution in [0.3, 0.4) is 0 Å². The molecule has 1 saturated heterocycles. The third kappa shape index (κ3) is 7.35. The number of carbonyl (C=O) groups is 2. The normalized spacial score (nSPS) is 14.6. The summed E-state index contributed by atoms with van der Waals surface area (Å²) in [6.07, 6.45) is 0.433. The molecule has 9 nitrogen and oxygen atoms in total. The first-order chi connectivity index (χ1) is 19.4. The lowest BCUT2D eigenvalue weighted by molar-refractivity contribution is -0.117. The number of nitrogens with two attached hydrogens (primary N) is 1. The maximum atomic E-state index is 13.4. The Morgan fingerprint density at radius 3 is 2.55 bits per heavy atom. The molecule has 3 amide bonds. The summed E-state index contributed by atoms with van der Waals surface area (Å²) in [6.45, 7) is 4.23. The van der Waals surface area contributed by atoms with Crippen LogP contribution in [0.4, 0.5) is 21.3 Å². The third-order valence-corrected chi connectivity index (χ3v) is 7.82. The van der Waals surface area contributed by atoms with Crippen molar-refractivity contribution in [3.8, 4) is 0 Å². The molecule has 0 spiro atoms. The number of morpholine rings is 1. The van der Waals surface area contributed by atoms with E-state index in [-0.39, 0.29) is 11.9 Å². The number of rotatable bonds is 9. The predicted octanol–water partition coefficient (Wildman–Crippen LogP) is 4.83. The second-order valence-corrected chi connectivity index (χ2v) is 11.0. The first-order valence-corrected chi connectivity index (χ1v) is 14.3. The summed E-state index contributed by atoms with van der Waals surface area (Å²) in [5, 5.41) is 6.88. The van der Waals surface area contributed by atoms with Gasteiger partial charge in [0, 0.05) is 42.6 Å². The fourth-order valence-corrected chi connectivity index (χ4v) is 5.46. The van der Waals surface area contributed by atoms with Crippen LogP contribution in [0.15, 0.2) is 72.8 Å². The van der Waals surface area contributed by atoms with Gasteiger partial charge in [0.2, 0.25) is 5.91 Å². The zero-order valence-corrected chi connectivity index (χ0v) is 23.5. The topological polar surface area (TPSA) is 113 Å². The fraction of sp³-hybridized carbons (Fsp3) is 0.276. The number of nitrogens with one attached hydrogen (secondary N) is 2. The molecule has 1 atom stereocenters. The maximum absolute atomic E-state index is 13.4. The molecule has 1 aliphatic heterocycles. The summed E-state index contributed by atoms with van der Waals surface area (Å²) >= 11 is 7.35. The van der Waals surface area contributed by atoms with Gasteiger partial charge < -0.3 is 21.1 Å². The Hall–Kier alpha value is -3.54. The molecule has 208 valence electrons. The minimum absolute atomic E-state index is 0.250. The average molecular weight is 579 g/mol. The average Bonchev–Trinajstić information content (AvgIpc) is 3.37. The molecular weight excluding hydrogens is 548 g/mol. The minimum Gasteiger partial charge on any atom is -0.379 e. The lowest BCUT2D eigenvalue weighted by Crippen LogP contribution is -2.44. The highest BCUT2D eigenvalue weighted by Crippen LogP contribution is 2.30. The maximum Gasteiger partial charge on any atom is 0.326 e. The van der Waals surface area contributed by atoms with Crippen LogP contribution in [0.1, 0.15) is 5.56 Å². The summed E-state index contributed by atoms with van der Waals surface area (Å²) in [6, 6.07) is 21.4. The molecular formula is C29H31ClN6O3S. The van der Waals surface area contributed by atoms with Crippen LogP contribution in [-0.2, 0) is 16.0 Å². The van der Waals surface area contributed by atoms with Crippen molar-refractivity contribution < 1.29 is 14.3 Å². The summed E-state index contributed by atoms with van der Waals surface area (Å²) in [7, 11) is 0. The molecule has 4 aromatic rings. The van der Waals surface area contributed by atoms with Crippen molar-refractivity contribution in [2.45, 2.75) is 12.5 Å². The Labute approximate surface area is 241 Å². The molecule has 0 aliphatic carbocycles. The van der Waals surface area contributed by atoms with E-state index < -0.39 is 6.04 Å². The van der Waals surface area contributed by atoms with Crippen LogP contribution in [0.2, 0.25) is 5.02 Å². The monoisotopic (exact) mass is 578 g/mol. The van der Waals surface area contributed by atoms with Crippen molar-refractivity contribution >= 4 is 61.6 Å². The van der Waals surface area contributed by atoms with Gasteiger partial charge in [-0.15, -0.1) is 0 Å². The number of hydrogen-bond acceptors (Lipinski definition) is 7. The lowest BCUT2D eigenvalue weighted by atomic mass is 10.1. The largest absolute Gasteiger partial charge is 0.379 e. The number of hydrogen-bond donors (Lipinski definition) is 3. The van der Waals surface area contributed by atoms with Crippen LogP contribution >= 0.6 is 22.9 Å². The number of halogens is 1. The highest BCUT2D eigenvalue weighted by Gasteiger charge is 2.21. The quantitative estimate of drug-likeness (QED) is 0.262. The van der Waals surface area contributed by atoms with Crippen LogP contribution in [0.25, 0.3) is 10.2 Å². The number of ether oxygens (including phenoxy) is 1. The predicted molar refractivity (Wildman–Crippen MR) is 161 cm³/mol. The van der Waals surface area contributed by atoms with Crippen LogP contribution < -0.4 is 21.3 Å². The van der Waals surface area contributed by atoms with Gasteiger partial charge in [0.25, 0.3) is 0 Å². The molecule has 1 aliphatic rings. The summed E-state index contributed by atoms with van der Waals surface area (Å²) < 4.78 is 6.31. The molecule has 40 heavy (non-hydrogen) atoms. The molecule has 1 fully saturated rings. The van der Waals surface area contributed by atoms with Crippen molar-refractivity contribution in [3.05, 3.63) is 83.4 Å². The van der Waals surface area contributed by atoms with Gasteiger partial charge in [-0.05, 0) is 54.4 Å². The number of carbonyl (C=O) groups excluding carboxylic acids is 2. The van der Waals surface area contributed by atoms with Crippen molar-refractivity contribution in [1.29, 1.82) is 0 Å². The first kappa shape index (κ1) is 28.0. The number of urea groups is 1. The third-order valence-electron chi connectivity index (χ3n) is 6.63. The standard InChI is InChI=1S/C29H31ClN6O3S/c30-21-6-8-22(9-7-21)32-29(38)36(13-12-35-14-16-39-17-15-35)23-10-11-25-26(19-23)40-28(33-25)34-27(37)24(31)18-20-4-2-1-3-5-20/h1-11,19,24H,12-18,31H2,(H,32,38)(H,33,34,37). The second kappa shape index (κ2) is 13.2.